The van der Waals surface area contributed by atoms with E-state index in [1.807, 2.05) is 12.1 Å². The number of likely N-dealkylation sites (tertiary alicyclic amines) is 1. The third-order valence-corrected chi connectivity index (χ3v) is 6.08. The van der Waals surface area contributed by atoms with E-state index < -0.39 is 10.0 Å². The first-order chi connectivity index (χ1) is 12.4. The molecule has 0 aliphatic carbocycles. The van der Waals surface area contributed by atoms with Gasteiger partial charge in [-0.1, -0.05) is 31.1 Å². The summed E-state index contributed by atoms with van der Waals surface area (Å²) in [5.41, 5.74) is 9.58. The highest BCUT2D eigenvalue weighted by Gasteiger charge is 2.20. The highest BCUT2D eigenvalue weighted by atomic mass is 32.2. The van der Waals surface area contributed by atoms with Crippen molar-refractivity contribution in [3.8, 4) is 0 Å². The Morgan fingerprint density at radius 2 is 2.08 bits per heavy atom. The second-order valence-electron chi connectivity index (χ2n) is 7.36. The van der Waals surface area contributed by atoms with E-state index in [9.17, 15) is 8.42 Å². The molecule has 0 unspecified atom stereocenters. The standard InChI is InChI=1S/C18H29N5O2S/c1-15(2)12-16-5-7-18(8-6-16)26(24,25)21-9-11-23-10-3-4-17(14-23)13-20-22-19/h5-8,15,17,21H,3-4,9-14H2,1-2H3/t17-/m1/s1. The zero-order chi connectivity index (χ0) is 19.0. The molecule has 1 heterocycles. The summed E-state index contributed by atoms with van der Waals surface area (Å²) in [6.45, 7) is 7.65. The van der Waals surface area contributed by atoms with E-state index in [0.717, 1.165) is 37.9 Å². The summed E-state index contributed by atoms with van der Waals surface area (Å²) in [6.07, 6.45) is 3.05. The molecular formula is C18H29N5O2S. The fraction of sp³-hybridized carbons (Fsp3) is 0.667. The number of rotatable bonds is 9. The smallest absolute Gasteiger partial charge is 0.240 e. The minimum absolute atomic E-state index is 0.310. The largest absolute Gasteiger partial charge is 0.302 e. The van der Waals surface area contributed by atoms with Gasteiger partial charge in [0.25, 0.3) is 0 Å². The maximum absolute atomic E-state index is 12.4. The third-order valence-electron chi connectivity index (χ3n) is 4.60. The van der Waals surface area contributed by atoms with E-state index in [1.165, 1.54) is 0 Å². The lowest BCUT2D eigenvalue weighted by atomic mass is 9.98. The van der Waals surface area contributed by atoms with Crippen molar-refractivity contribution in [1.29, 1.82) is 0 Å². The Hall–Kier alpha value is -1.60. The maximum atomic E-state index is 12.4. The number of hydrogen-bond donors (Lipinski definition) is 1. The summed E-state index contributed by atoms with van der Waals surface area (Å²) in [4.78, 5) is 5.36. The molecule has 1 aliphatic heterocycles. The zero-order valence-corrected chi connectivity index (χ0v) is 16.5. The predicted molar refractivity (Wildman–Crippen MR) is 103 cm³/mol. The second-order valence-corrected chi connectivity index (χ2v) is 9.13. The molecule has 1 fully saturated rings. The van der Waals surface area contributed by atoms with Gasteiger partial charge in [0.05, 0.1) is 4.90 Å². The van der Waals surface area contributed by atoms with Gasteiger partial charge >= 0.3 is 0 Å². The molecule has 0 amide bonds. The lowest BCUT2D eigenvalue weighted by Gasteiger charge is -2.31. The molecule has 1 saturated heterocycles. The molecule has 1 N–H and O–H groups in total. The van der Waals surface area contributed by atoms with Gasteiger partial charge in [-0.15, -0.1) is 0 Å². The fourth-order valence-electron chi connectivity index (χ4n) is 3.35. The molecule has 0 saturated carbocycles. The molecule has 7 nitrogen and oxygen atoms in total. The molecule has 2 rings (SSSR count). The van der Waals surface area contributed by atoms with Crippen molar-refractivity contribution < 1.29 is 8.42 Å². The fourth-order valence-corrected chi connectivity index (χ4v) is 4.37. The third kappa shape index (κ3) is 6.61. The minimum Gasteiger partial charge on any atom is -0.302 e. The second kappa shape index (κ2) is 9.92. The molecule has 1 aromatic carbocycles. The van der Waals surface area contributed by atoms with E-state index in [4.69, 9.17) is 5.53 Å². The van der Waals surface area contributed by atoms with Gasteiger partial charge in [0.15, 0.2) is 0 Å². The first-order valence-electron chi connectivity index (χ1n) is 9.22. The summed E-state index contributed by atoms with van der Waals surface area (Å²) in [5, 5.41) is 3.66. The average Bonchev–Trinajstić information content (AvgIpc) is 2.60. The van der Waals surface area contributed by atoms with E-state index in [-0.39, 0.29) is 0 Å². The van der Waals surface area contributed by atoms with E-state index >= 15 is 0 Å². The summed E-state index contributed by atoms with van der Waals surface area (Å²) in [7, 11) is -3.48. The lowest BCUT2D eigenvalue weighted by Crippen LogP contribution is -2.41. The van der Waals surface area contributed by atoms with Gasteiger partial charge < -0.3 is 4.90 Å². The van der Waals surface area contributed by atoms with E-state index in [0.29, 0.717) is 36.4 Å². The molecule has 0 aromatic heterocycles. The molecule has 1 aliphatic rings. The van der Waals surface area contributed by atoms with E-state index in [1.54, 1.807) is 12.1 Å². The molecule has 1 atom stereocenters. The van der Waals surface area contributed by atoms with Gasteiger partial charge in [-0.3, -0.25) is 0 Å². The van der Waals surface area contributed by atoms with Crippen LogP contribution in [0.5, 0.6) is 0 Å². The Morgan fingerprint density at radius 1 is 1.35 bits per heavy atom. The van der Waals surface area contributed by atoms with Gasteiger partial charge in [0, 0.05) is 31.1 Å². The Balaban J connectivity index is 1.83. The van der Waals surface area contributed by atoms with Gasteiger partial charge in [-0.05, 0) is 60.9 Å². The van der Waals surface area contributed by atoms with Crippen LogP contribution in [0.25, 0.3) is 10.4 Å². The van der Waals surface area contributed by atoms with Gasteiger partial charge in [0.2, 0.25) is 10.0 Å². The number of benzene rings is 1. The van der Waals surface area contributed by atoms with Crippen LogP contribution in [0.3, 0.4) is 0 Å². The number of piperidine rings is 1. The van der Waals surface area contributed by atoms with Crippen molar-refractivity contribution in [2.45, 2.75) is 38.0 Å². The van der Waals surface area contributed by atoms with Crippen molar-refractivity contribution in [2.75, 3.05) is 32.7 Å². The molecule has 0 bridgehead atoms. The molecule has 26 heavy (non-hydrogen) atoms. The molecule has 0 spiro atoms. The van der Waals surface area contributed by atoms with Crippen LogP contribution in [-0.4, -0.2) is 46.0 Å². The molecule has 1 aromatic rings. The van der Waals surface area contributed by atoms with Gasteiger partial charge in [-0.2, -0.15) is 0 Å². The topological polar surface area (TPSA) is 98.2 Å². The monoisotopic (exact) mass is 379 g/mol. The van der Waals surface area contributed by atoms with Crippen LogP contribution >= 0.6 is 0 Å². The summed E-state index contributed by atoms with van der Waals surface area (Å²) in [5.74, 6) is 0.910. The summed E-state index contributed by atoms with van der Waals surface area (Å²) < 4.78 is 27.5. The Labute approximate surface area is 156 Å². The first-order valence-corrected chi connectivity index (χ1v) is 10.7. The lowest BCUT2D eigenvalue weighted by molar-refractivity contribution is 0.181. The summed E-state index contributed by atoms with van der Waals surface area (Å²) >= 11 is 0. The first kappa shape index (κ1) is 20.7. The SMILES string of the molecule is CC(C)Cc1ccc(S(=O)(=O)NCCN2CCC[C@H](CN=[N+]=[N-])C2)cc1. The van der Waals surface area contributed by atoms with Crippen molar-refractivity contribution in [3.05, 3.63) is 40.3 Å². The van der Waals surface area contributed by atoms with Gasteiger partial charge in [0.1, 0.15) is 0 Å². The number of hydrogen-bond acceptors (Lipinski definition) is 4. The highest BCUT2D eigenvalue weighted by Crippen LogP contribution is 2.17. The Kier molecular flexibility index (Phi) is 7.90. The zero-order valence-electron chi connectivity index (χ0n) is 15.6. The van der Waals surface area contributed by atoms with Crippen LogP contribution in [0.2, 0.25) is 0 Å². The van der Waals surface area contributed by atoms with Crippen molar-refractivity contribution in [2.24, 2.45) is 17.0 Å². The van der Waals surface area contributed by atoms with Crippen LogP contribution in [0.4, 0.5) is 0 Å². The van der Waals surface area contributed by atoms with E-state index in [2.05, 4.69) is 33.5 Å². The Bertz CT molecular complexity index is 712. The molecule has 0 radical (unpaired) electrons. The van der Waals surface area contributed by atoms with Crippen molar-refractivity contribution in [1.82, 2.24) is 9.62 Å². The van der Waals surface area contributed by atoms with Crippen LogP contribution < -0.4 is 4.72 Å². The number of azide groups is 1. The molecular weight excluding hydrogens is 350 g/mol. The Morgan fingerprint density at radius 3 is 2.73 bits per heavy atom. The predicted octanol–water partition coefficient (Wildman–Crippen LogP) is 3.19. The van der Waals surface area contributed by atoms with Crippen LogP contribution in [-0.2, 0) is 16.4 Å². The van der Waals surface area contributed by atoms with Gasteiger partial charge in [-0.25, -0.2) is 13.1 Å². The highest BCUT2D eigenvalue weighted by molar-refractivity contribution is 7.89. The molecule has 8 heteroatoms. The number of sulfonamides is 1. The van der Waals surface area contributed by atoms with Crippen LogP contribution in [0.15, 0.2) is 34.3 Å². The average molecular weight is 380 g/mol. The van der Waals surface area contributed by atoms with Crippen molar-refractivity contribution in [3.63, 3.8) is 0 Å². The van der Waals surface area contributed by atoms with Crippen LogP contribution in [0.1, 0.15) is 32.3 Å². The van der Waals surface area contributed by atoms with Crippen LogP contribution in [0, 0.1) is 11.8 Å². The summed E-state index contributed by atoms with van der Waals surface area (Å²) in [6, 6.07) is 7.13. The normalized spacial score (nSPS) is 18.7. The quantitative estimate of drug-likeness (QED) is 0.405. The van der Waals surface area contributed by atoms with Crippen molar-refractivity contribution >= 4 is 10.0 Å². The minimum atomic E-state index is -3.48. The number of nitrogens with zero attached hydrogens (tertiary/aromatic N) is 4. The number of nitrogens with one attached hydrogen (secondary N) is 1. The molecule has 144 valence electrons. The maximum Gasteiger partial charge on any atom is 0.240 e.